The van der Waals surface area contributed by atoms with Crippen LogP contribution in [-0.4, -0.2) is 16.1 Å². The summed E-state index contributed by atoms with van der Waals surface area (Å²) in [5.74, 6) is -1.72. The number of thiazole rings is 1. The topological polar surface area (TPSA) is 86.0 Å². The molecule has 96 valence electrons. The second-order valence-corrected chi connectivity index (χ2v) is 4.86. The molecule has 0 fully saturated rings. The molecule has 0 saturated heterocycles. The van der Waals surface area contributed by atoms with Crippen molar-refractivity contribution in [3.63, 3.8) is 0 Å². The van der Waals surface area contributed by atoms with Gasteiger partial charge in [-0.2, -0.15) is 5.26 Å². The van der Waals surface area contributed by atoms with Crippen LogP contribution >= 0.6 is 11.3 Å². The van der Waals surface area contributed by atoms with Gasteiger partial charge in [-0.1, -0.05) is 0 Å². The summed E-state index contributed by atoms with van der Waals surface area (Å²) >= 11 is 1.12. The summed E-state index contributed by atoms with van der Waals surface area (Å²) in [5.41, 5.74) is 0.302. The number of hydrogen-bond donors (Lipinski definition) is 2. The number of carboxylic acid groups (broad SMARTS) is 1. The number of anilines is 2. The minimum atomic E-state index is -1.12. The fourth-order valence-electron chi connectivity index (χ4n) is 1.45. The maximum atomic E-state index is 13.6. The number of aryl methyl sites for hydroxylation is 1. The van der Waals surface area contributed by atoms with E-state index in [1.54, 1.807) is 6.92 Å². The van der Waals surface area contributed by atoms with Gasteiger partial charge in [0.1, 0.15) is 5.82 Å². The molecule has 0 unspecified atom stereocenters. The van der Waals surface area contributed by atoms with Crippen molar-refractivity contribution in [2.24, 2.45) is 0 Å². The molecule has 0 radical (unpaired) electrons. The summed E-state index contributed by atoms with van der Waals surface area (Å²) in [7, 11) is 0. The lowest BCUT2D eigenvalue weighted by molar-refractivity contribution is 0.0690. The zero-order valence-electron chi connectivity index (χ0n) is 9.77. The predicted octanol–water partition coefficient (Wildman–Crippen LogP) is 2.90. The Bertz CT molecular complexity index is 691. The van der Waals surface area contributed by atoms with Crippen LogP contribution in [0.2, 0.25) is 0 Å². The molecule has 0 bridgehead atoms. The van der Waals surface area contributed by atoms with E-state index in [2.05, 4.69) is 10.3 Å². The molecule has 1 heterocycles. The molecule has 1 aromatic carbocycles. The summed E-state index contributed by atoms with van der Waals surface area (Å²) in [6.45, 7) is 1.63. The molecule has 7 heteroatoms. The Balaban J connectivity index is 2.29. The SMILES string of the molecule is Cc1sc(Nc2ccc(C#N)cc2F)nc1C(=O)O. The molecule has 0 aliphatic heterocycles. The van der Waals surface area contributed by atoms with E-state index in [0.717, 1.165) is 17.4 Å². The third-order valence-electron chi connectivity index (χ3n) is 2.34. The molecule has 19 heavy (non-hydrogen) atoms. The van der Waals surface area contributed by atoms with Crippen LogP contribution in [0.15, 0.2) is 18.2 Å². The normalized spacial score (nSPS) is 9.95. The fourth-order valence-corrected chi connectivity index (χ4v) is 2.27. The molecule has 1 aromatic heterocycles. The standard InChI is InChI=1S/C12H8FN3O2S/c1-6-10(11(17)18)16-12(19-6)15-9-3-2-7(5-14)4-8(9)13/h2-4H,1H3,(H,15,16)(H,17,18). The average Bonchev–Trinajstić information content (AvgIpc) is 2.73. The van der Waals surface area contributed by atoms with Gasteiger partial charge in [0.05, 0.1) is 17.3 Å². The highest BCUT2D eigenvalue weighted by Crippen LogP contribution is 2.27. The number of nitriles is 1. The fraction of sp³-hybridized carbons (Fsp3) is 0.0833. The van der Waals surface area contributed by atoms with Gasteiger partial charge in [0.2, 0.25) is 0 Å². The van der Waals surface area contributed by atoms with E-state index in [4.69, 9.17) is 10.4 Å². The zero-order valence-corrected chi connectivity index (χ0v) is 10.6. The predicted molar refractivity (Wildman–Crippen MR) is 68.2 cm³/mol. The maximum absolute atomic E-state index is 13.6. The average molecular weight is 277 g/mol. The maximum Gasteiger partial charge on any atom is 0.355 e. The van der Waals surface area contributed by atoms with E-state index in [0.29, 0.717) is 10.0 Å². The van der Waals surface area contributed by atoms with Crippen LogP contribution in [0.5, 0.6) is 0 Å². The summed E-state index contributed by atoms with van der Waals surface area (Å²) in [5, 5.41) is 20.5. The molecule has 2 aromatic rings. The van der Waals surface area contributed by atoms with Crippen LogP contribution in [0, 0.1) is 24.1 Å². The highest BCUT2D eigenvalue weighted by Gasteiger charge is 2.15. The molecule has 0 aliphatic carbocycles. The Morgan fingerprint density at radius 1 is 1.58 bits per heavy atom. The van der Waals surface area contributed by atoms with Crippen LogP contribution < -0.4 is 5.32 Å². The minimum Gasteiger partial charge on any atom is -0.476 e. The van der Waals surface area contributed by atoms with E-state index in [1.807, 2.05) is 6.07 Å². The van der Waals surface area contributed by atoms with Crippen molar-refractivity contribution in [1.29, 1.82) is 5.26 Å². The lowest BCUT2D eigenvalue weighted by Crippen LogP contribution is -1.99. The number of rotatable bonds is 3. The van der Waals surface area contributed by atoms with Gasteiger partial charge in [0, 0.05) is 4.88 Å². The van der Waals surface area contributed by atoms with Crippen LogP contribution in [0.25, 0.3) is 0 Å². The Morgan fingerprint density at radius 2 is 2.32 bits per heavy atom. The van der Waals surface area contributed by atoms with Crippen molar-refractivity contribution in [2.75, 3.05) is 5.32 Å². The van der Waals surface area contributed by atoms with E-state index in [9.17, 15) is 9.18 Å². The van der Waals surface area contributed by atoms with Gasteiger partial charge in [-0.05, 0) is 25.1 Å². The number of aromatic nitrogens is 1. The first kappa shape index (κ1) is 13.0. The summed E-state index contributed by atoms with van der Waals surface area (Å²) in [6, 6.07) is 5.80. The largest absolute Gasteiger partial charge is 0.476 e. The molecule has 0 spiro atoms. The van der Waals surface area contributed by atoms with Gasteiger partial charge in [-0.3, -0.25) is 0 Å². The first-order valence-corrected chi connectivity index (χ1v) is 6.00. The van der Waals surface area contributed by atoms with Gasteiger partial charge in [-0.25, -0.2) is 14.2 Å². The number of nitrogens with zero attached hydrogens (tertiary/aromatic N) is 2. The first-order chi connectivity index (χ1) is 9.01. The van der Waals surface area contributed by atoms with Crippen molar-refractivity contribution in [2.45, 2.75) is 6.92 Å². The summed E-state index contributed by atoms with van der Waals surface area (Å²) in [4.78, 5) is 15.2. The molecule has 0 aliphatic rings. The highest BCUT2D eigenvalue weighted by molar-refractivity contribution is 7.15. The van der Waals surface area contributed by atoms with Crippen molar-refractivity contribution in [3.05, 3.63) is 40.2 Å². The lowest BCUT2D eigenvalue weighted by Gasteiger charge is -2.03. The molecule has 2 N–H and O–H groups in total. The molecular formula is C12H8FN3O2S. The number of benzene rings is 1. The second-order valence-electron chi connectivity index (χ2n) is 3.66. The molecular weight excluding hydrogens is 269 g/mol. The highest BCUT2D eigenvalue weighted by atomic mass is 32.1. The summed E-state index contributed by atoms with van der Waals surface area (Å²) < 4.78 is 13.6. The Labute approximate surface area is 112 Å². The molecule has 2 rings (SSSR count). The van der Waals surface area contributed by atoms with Gasteiger partial charge in [-0.15, -0.1) is 11.3 Å². The number of carboxylic acids is 1. The van der Waals surface area contributed by atoms with Crippen molar-refractivity contribution in [3.8, 4) is 6.07 Å². The molecule has 0 atom stereocenters. The Morgan fingerprint density at radius 3 is 2.84 bits per heavy atom. The van der Waals surface area contributed by atoms with Crippen molar-refractivity contribution in [1.82, 2.24) is 4.98 Å². The van der Waals surface area contributed by atoms with E-state index < -0.39 is 11.8 Å². The van der Waals surface area contributed by atoms with Crippen molar-refractivity contribution < 1.29 is 14.3 Å². The zero-order chi connectivity index (χ0) is 14.0. The van der Waals surface area contributed by atoms with Crippen LogP contribution in [0.3, 0.4) is 0 Å². The third kappa shape index (κ3) is 2.69. The molecule has 0 amide bonds. The summed E-state index contributed by atoms with van der Waals surface area (Å²) in [6.07, 6.45) is 0. The smallest absolute Gasteiger partial charge is 0.355 e. The number of carbonyl (C=O) groups is 1. The Hall–Kier alpha value is -2.46. The van der Waals surface area contributed by atoms with E-state index in [-0.39, 0.29) is 16.9 Å². The Kier molecular flexibility index (Phi) is 3.44. The van der Waals surface area contributed by atoms with Crippen molar-refractivity contribution >= 4 is 28.1 Å². The number of nitrogens with one attached hydrogen (secondary N) is 1. The van der Waals surface area contributed by atoms with Crippen LogP contribution in [0.1, 0.15) is 20.9 Å². The van der Waals surface area contributed by atoms with Gasteiger partial charge in [0.15, 0.2) is 10.8 Å². The van der Waals surface area contributed by atoms with Crippen LogP contribution in [-0.2, 0) is 0 Å². The quantitative estimate of drug-likeness (QED) is 0.900. The monoisotopic (exact) mass is 277 g/mol. The second kappa shape index (κ2) is 5.04. The number of halogens is 1. The van der Waals surface area contributed by atoms with E-state index >= 15 is 0 Å². The first-order valence-electron chi connectivity index (χ1n) is 5.18. The van der Waals surface area contributed by atoms with Gasteiger partial charge in [0.25, 0.3) is 0 Å². The van der Waals surface area contributed by atoms with Gasteiger partial charge >= 0.3 is 5.97 Å². The van der Waals surface area contributed by atoms with Crippen LogP contribution in [0.4, 0.5) is 15.2 Å². The van der Waals surface area contributed by atoms with E-state index in [1.165, 1.54) is 12.1 Å². The molecule has 0 saturated carbocycles. The lowest BCUT2D eigenvalue weighted by atomic mass is 10.2. The number of aromatic carboxylic acids is 1. The minimum absolute atomic E-state index is 0.0541. The number of hydrogen-bond acceptors (Lipinski definition) is 5. The molecule has 5 nitrogen and oxygen atoms in total. The van der Waals surface area contributed by atoms with Gasteiger partial charge < -0.3 is 10.4 Å². The third-order valence-corrected chi connectivity index (χ3v) is 3.23.